The number of hydrogen-bond donors (Lipinski definition) is 0. The molecule has 0 N–H and O–H groups in total. The van der Waals surface area contributed by atoms with Crippen molar-refractivity contribution in [3.63, 3.8) is 0 Å². The van der Waals surface area contributed by atoms with Crippen LogP contribution in [0.2, 0.25) is 0 Å². The Labute approximate surface area is 362 Å². The Kier molecular flexibility index (Phi) is 8.29. The van der Waals surface area contributed by atoms with E-state index in [9.17, 15) is 0 Å². The third kappa shape index (κ3) is 5.55. The maximum absolute atomic E-state index is 2.63. The molecular formula is C60H48N2. The van der Waals surface area contributed by atoms with E-state index in [-0.39, 0.29) is 0 Å². The van der Waals surface area contributed by atoms with E-state index in [1.165, 1.54) is 158 Å². The van der Waals surface area contributed by atoms with E-state index in [1.54, 1.807) is 0 Å². The Morgan fingerprint density at radius 2 is 0.516 bits per heavy atom. The second-order valence-corrected chi connectivity index (χ2v) is 18.0. The lowest BCUT2D eigenvalue weighted by Gasteiger charge is -2.30. The first-order valence-corrected chi connectivity index (χ1v) is 23.0. The predicted molar refractivity (Wildman–Crippen MR) is 269 cm³/mol. The van der Waals surface area contributed by atoms with Crippen LogP contribution in [0.15, 0.2) is 170 Å². The zero-order valence-corrected chi connectivity index (χ0v) is 35.1. The average Bonchev–Trinajstić information content (AvgIpc) is 3.35. The standard InChI is InChI=1S/C60H48N2/c1-11-31-61(32-12-1)41-25-29-53-57(37-41)59(39-23-27-51-47-19-5-3-15-43(47)45-17-7-9-21-49(45)55(51)35-39)54-30-26-42(62-33-13-2-14-34-62)38-58(54)60(53)40-24-28-52-48-20-6-4-16-44(48)46-18-8-10-22-50(46)56(52)36-40/h3-10,15-30,35-38H,1-2,11-14,31-34H2. The van der Waals surface area contributed by atoms with Crippen molar-refractivity contribution in [3.05, 3.63) is 170 Å². The summed E-state index contributed by atoms with van der Waals surface area (Å²) in [6, 6.07) is 65.4. The minimum Gasteiger partial charge on any atom is -0.372 e. The van der Waals surface area contributed by atoms with Gasteiger partial charge in [-0.3, -0.25) is 0 Å². The van der Waals surface area contributed by atoms with Crippen LogP contribution >= 0.6 is 0 Å². The molecule has 0 atom stereocenters. The van der Waals surface area contributed by atoms with Crippen LogP contribution in [0.1, 0.15) is 38.5 Å². The molecule has 0 bridgehead atoms. The summed E-state index contributed by atoms with van der Waals surface area (Å²) in [4.78, 5) is 5.26. The van der Waals surface area contributed by atoms with Crippen LogP contribution in [0.3, 0.4) is 0 Å². The molecular weight excluding hydrogens is 749 g/mol. The molecule has 0 aromatic heterocycles. The van der Waals surface area contributed by atoms with Crippen molar-refractivity contribution in [2.75, 3.05) is 36.0 Å². The van der Waals surface area contributed by atoms with E-state index in [0.717, 1.165) is 26.2 Å². The molecule has 2 heterocycles. The normalized spacial score (nSPS) is 15.0. The van der Waals surface area contributed by atoms with Crippen molar-refractivity contribution < 1.29 is 0 Å². The lowest BCUT2D eigenvalue weighted by molar-refractivity contribution is 0.578. The maximum atomic E-state index is 2.63. The maximum Gasteiger partial charge on any atom is 0.0372 e. The Balaban J connectivity index is 1.15. The molecule has 2 saturated heterocycles. The molecule has 2 heteroatoms. The van der Waals surface area contributed by atoms with Gasteiger partial charge in [-0.25, -0.2) is 0 Å². The summed E-state index contributed by atoms with van der Waals surface area (Å²) >= 11 is 0. The fourth-order valence-corrected chi connectivity index (χ4v) is 11.7. The van der Waals surface area contributed by atoms with Crippen LogP contribution in [-0.2, 0) is 0 Å². The molecule has 0 saturated carbocycles. The molecule has 11 aromatic carbocycles. The zero-order valence-electron chi connectivity index (χ0n) is 35.1. The van der Waals surface area contributed by atoms with Crippen molar-refractivity contribution in [2.24, 2.45) is 0 Å². The quantitative estimate of drug-likeness (QED) is 0.129. The second-order valence-electron chi connectivity index (χ2n) is 18.0. The molecule has 13 rings (SSSR count). The van der Waals surface area contributed by atoms with Crippen LogP contribution in [0.25, 0.3) is 108 Å². The average molecular weight is 797 g/mol. The SMILES string of the molecule is c1ccc2c(c1)c1ccccc1c1cc(-c3c4ccc(N5CCCCC5)cc4c(-c4ccc5c6ccccc6c6ccccc6c5c4)c4ccc(N5CCCCC5)cc34)ccc21. The molecule has 0 radical (unpaired) electrons. The molecule has 11 aromatic rings. The number of piperidine rings is 2. The van der Waals surface area contributed by atoms with Gasteiger partial charge >= 0.3 is 0 Å². The molecule has 2 aliphatic heterocycles. The van der Waals surface area contributed by atoms with Gasteiger partial charge in [-0.1, -0.05) is 133 Å². The van der Waals surface area contributed by atoms with Crippen LogP contribution in [-0.4, -0.2) is 26.2 Å². The summed E-state index contributed by atoms with van der Waals surface area (Å²) < 4.78 is 0. The van der Waals surface area contributed by atoms with Gasteiger partial charge in [0.25, 0.3) is 0 Å². The Hall–Kier alpha value is -6.90. The highest BCUT2D eigenvalue weighted by molar-refractivity contribution is 6.29. The summed E-state index contributed by atoms with van der Waals surface area (Å²) in [5.41, 5.74) is 7.89. The van der Waals surface area contributed by atoms with Crippen molar-refractivity contribution in [3.8, 4) is 22.3 Å². The predicted octanol–water partition coefficient (Wildman–Crippen LogP) is 16.2. The van der Waals surface area contributed by atoms with Gasteiger partial charge in [-0.05, 0) is 183 Å². The number of fused-ring (bicyclic) bond motifs is 14. The van der Waals surface area contributed by atoms with Crippen molar-refractivity contribution in [1.29, 1.82) is 0 Å². The molecule has 0 spiro atoms. The van der Waals surface area contributed by atoms with E-state index in [0.29, 0.717) is 0 Å². The highest BCUT2D eigenvalue weighted by atomic mass is 15.1. The lowest BCUT2D eigenvalue weighted by Crippen LogP contribution is -2.29. The first-order valence-electron chi connectivity index (χ1n) is 23.0. The first-order chi connectivity index (χ1) is 30.8. The molecule has 2 aliphatic rings. The van der Waals surface area contributed by atoms with Crippen LogP contribution < -0.4 is 9.80 Å². The summed E-state index contributed by atoms with van der Waals surface area (Å²) in [5.74, 6) is 0. The van der Waals surface area contributed by atoms with Gasteiger partial charge in [0.15, 0.2) is 0 Å². The van der Waals surface area contributed by atoms with Gasteiger partial charge in [0, 0.05) is 37.6 Å². The highest BCUT2D eigenvalue weighted by Crippen LogP contribution is 2.49. The van der Waals surface area contributed by atoms with Crippen LogP contribution in [0, 0.1) is 0 Å². The molecule has 298 valence electrons. The van der Waals surface area contributed by atoms with Gasteiger partial charge in [0.2, 0.25) is 0 Å². The monoisotopic (exact) mass is 796 g/mol. The molecule has 62 heavy (non-hydrogen) atoms. The van der Waals surface area contributed by atoms with E-state index in [4.69, 9.17) is 0 Å². The van der Waals surface area contributed by atoms with Gasteiger partial charge in [0.1, 0.15) is 0 Å². The van der Waals surface area contributed by atoms with Gasteiger partial charge < -0.3 is 9.80 Å². The Morgan fingerprint density at radius 1 is 0.226 bits per heavy atom. The number of benzene rings is 11. The van der Waals surface area contributed by atoms with Crippen LogP contribution in [0.4, 0.5) is 11.4 Å². The Morgan fingerprint density at radius 3 is 0.855 bits per heavy atom. The number of anilines is 2. The Bertz CT molecular complexity index is 3290. The van der Waals surface area contributed by atoms with Crippen molar-refractivity contribution in [1.82, 2.24) is 0 Å². The van der Waals surface area contributed by atoms with Gasteiger partial charge in [0.05, 0.1) is 0 Å². The third-order valence-corrected chi connectivity index (χ3v) is 14.6. The summed E-state index contributed by atoms with van der Waals surface area (Å²) in [6.45, 7) is 4.45. The summed E-state index contributed by atoms with van der Waals surface area (Å²) in [7, 11) is 0. The van der Waals surface area contributed by atoms with Crippen molar-refractivity contribution >= 4 is 97.6 Å². The summed E-state index contributed by atoms with van der Waals surface area (Å²) in [5, 5.41) is 21.0. The van der Waals surface area contributed by atoms with E-state index in [2.05, 4.69) is 180 Å². The molecule has 2 nitrogen and oxygen atoms in total. The minimum absolute atomic E-state index is 1.11. The number of hydrogen-bond acceptors (Lipinski definition) is 2. The van der Waals surface area contributed by atoms with Gasteiger partial charge in [-0.2, -0.15) is 0 Å². The van der Waals surface area contributed by atoms with Gasteiger partial charge in [-0.15, -0.1) is 0 Å². The first kappa shape index (κ1) is 35.8. The molecule has 0 amide bonds. The largest absolute Gasteiger partial charge is 0.372 e. The zero-order chi connectivity index (χ0) is 40.7. The topological polar surface area (TPSA) is 6.48 Å². The molecule has 0 aliphatic carbocycles. The van der Waals surface area contributed by atoms with Crippen molar-refractivity contribution in [2.45, 2.75) is 38.5 Å². The minimum atomic E-state index is 1.11. The number of rotatable bonds is 4. The summed E-state index contributed by atoms with van der Waals surface area (Å²) in [6.07, 6.45) is 7.62. The molecule has 2 fully saturated rings. The van der Waals surface area contributed by atoms with E-state index < -0.39 is 0 Å². The fraction of sp³-hybridized carbons (Fsp3) is 0.167. The number of nitrogens with zero attached hydrogens (tertiary/aromatic N) is 2. The fourth-order valence-electron chi connectivity index (χ4n) is 11.7. The van der Waals surface area contributed by atoms with E-state index in [1.807, 2.05) is 0 Å². The molecule has 0 unspecified atom stereocenters. The smallest absolute Gasteiger partial charge is 0.0372 e. The van der Waals surface area contributed by atoms with Crippen LogP contribution in [0.5, 0.6) is 0 Å². The lowest BCUT2D eigenvalue weighted by atomic mass is 9.83. The highest BCUT2D eigenvalue weighted by Gasteiger charge is 2.23. The van der Waals surface area contributed by atoms with E-state index >= 15 is 0 Å². The third-order valence-electron chi connectivity index (χ3n) is 14.6. The second kappa shape index (κ2) is 14.4.